The Kier molecular flexibility index (Phi) is 4.38. The minimum Gasteiger partial charge on any atom is -0.292 e. The molecule has 0 aliphatic rings. The van der Waals surface area contributed by atoms with Crippen molar-refractivity contribution in [2.75, 3.05) is 0 Å². The molecule has 0 saturated carbocycles. The molecule has 1 nitrogen and oxygen atoms in total. The van der Waals surface area contributed by atoms with Gasteiger partial charge in [-0.15, -0.1) is 29.1 Å². The van der Waals surface area contributed by atoms with Crippen LogP contribution in [0.25, 0.3) is 0 Å². The summed E-state index contributed by atoms with van der Waals surface area (Å²) < 4.78 is 0. The Balaban J connectivity index is 2.23. The van der Waals surface area contributed by atoms with Crippen LogP contribution >= 0.6 is 22.7 Å². The second-order valence-electron chi connectivity index (χ2n) is 3.76. The first kappa shape index (κ1) is 12.4. The SMILES string of the molecule is C#CC(CC)NC(c1cccs1)c1cccs1. The first-order chi connectivity index (χ1) is 8.35. The maximum atomic E-state index is 5.53. The van der Waals surface area contributed by atoms with E-state index >= 15 is 0 Å². The fourth-order valence-corrected chi connectivity index (χ4v) is 3.38. The van der Waals surface area contributed by atoms with E-state index in [4.69, 9.17) is 6.42 Å². The maximum absolute atomic E-state index is 5.53. The number of nitrogens with one attached hydrogen (secondary N) is 1. The Bertz CT molecular complexity index is 431. The lowest BCUT2D eigenvalue weighted by atomic mass is 10.1. The van der Waals surface area contributed by atoms with Crippen molar-refractivity contribution in [3.8, 4) is 12.3 Å². The van der Waals surface area contributed by atoms with Crippen LogP contribution in [0, 0.1) is 12.3 Å². The highest BCUT2D eigenvalue weighted by atomic mass is 32.1. The smallest absolute Gasteiger partial charge is 0.0774 e. The lowest BCUT2D eigenvalue weighted by Crippen LogP contribution is -2.31. The predicted octanol–water partition coefficient (Wildman–Crippen LogP) is 3.90. The van der Waals surface area contributed by atoms with Crippen molar-refractivity contribution in [2.45, 2.75) is 25.4 Å². The van der Waals surface area contributed by atoms with Crippen LogP contribution in [-0.4, -0.2) is 6.04 Å². The number of terminal acetylenes is 1. The molecule has 0 aliphatic heterocycles. The average molecular weight is 261 g/mol. The summed E-state index contributed by atoms with van der Waals surface area (Å²) >= 11 is 3.54. The summed E-state index contributed by atoms with van der Waals surface area (Å²) in [6.07, 6.45) is 6.48. The first-order valence-electron chi connectivity index (χ1n) is 5.64. The largest absolute Gasteiger partial charge is 0.292 e. The van der Waals surface area contributed by atoms with Gasteiger partial charge >= 0.3 is 0 Å². The van der Waals surface area contributed by atoms with Crippen LogP contribution in [0.5, 0.6) is 0 Å². The summed E-state index contributed by atoms with van der Waals surface area (Å²) in [5.74, 6) is 2.80. The average Bonchev–Trinajstić information content (AvgIpc) is 3.03. The molecule has 2 heterocycles. The summed E-state index contributed by atoms with van der Waals surface area (Å²) in [6.45, 7) is 2.11. The van der Waals surface area contributed by atoms with Gasteiger partial charge in [-0.3, -0.25) is 5.32 Å². The van der Waals surface area contributed by atoms with Crippen molar-refractivity contribution in [1.29, 1.82) is 0 Å². The standard InChI is InChI=1S/C14H15NS2/c1-3-11(4-2)15-14(12-7-5-9-16-12)13-8-6-10-17-13/h1,5-11,14-15H,4H2,2H3. The van der Waals surface area contributed by atoms with Crippen molar-refractivity contribution in [3.63, 3.8) is 0 Å². The number of hydrogen-bond donors (Lipinski definition) is 1. The molecule has 0 aliphatic carbocycles. The van der Waals surface area contributed by atoms with Crippen molar-refractivity contribution < 1.29 is 0 Å². The lowest BCUT2D eigenvalue weighted by Gasteiger charge is -2.20. The Morgan fingerprint density at radius 3 is 2.18 bits per heavy atom. The molecule has 0 fully saturated rings. The number of hydrogen-bond acceptors (Lipinski definition) is 3. The van der Waals surface area contributed by atoms with E-state index in [1.807, 2.05) is 0 Å². The molecular formula is C14H15NS2. The molecule has 1 unspecified atom stereocenters. The number of thiophene rings is 2. The molecule has 1 N–H and O–H groups in total. The monoisotopic (exact) mass is 261 g/mol. The fourth-order valence-electron chi connectivity index (χ4n) is 1.70. The quantitative estimate of drug-likeness (QED) is 0.805. The highest BCUT2D eigenvalue weighted by Crippen LogP contribution is 2.29. The van der Waals surface area contributed by atoms with Crippen LogP contribution < -0.4 is 5.32 Å². The predicted molar refractivity (Wildman–Crippen MR) is 76.5 cm³/mol. The zero-order valence-corrected chi connectivity index (χ0v) is 11.4. The van der Waals surface area contributed by atoms with Crippen molar-refractivity contribution in [1.82, 2.24) is 5.32 Å². The van der Waals surface area contributed by atoms with Gasteiger partial charge in [-0.1, -0.05) is 25.0 Å². The Morgan fingerprint density at radius 1 is 1.24 bits per heavy atom. The fraction of sp³-hybridized carbons (Fsp3) is 0.286. The Morgan fingerprint density at radius 2 is 1.82 bits per heavy atom. The molecule has 0 bridgehead atoms. The van der Waals surface area contributed by atoms with E-state index < -0.39 is 0 Å². The van der Waals surface area contributed by atoms with Crippen LogP contribution in [-0.2, 0) is 0 Å². The normalized spacial score (nSPS) is 12.5. The van der Waals surface area contributed by atoms with Crippen molar-refractivity contribution in [3.05, 3.63) is 44.8 Å². The molecule has 88 valence electrons. The molecule has 0 aromatic carbocycles. The minimum atomic E-state index is 0.129. The highest BCUT2D eigenvalue weighted by Gasteiger charge is 2.18. The highest BCUT2D eigenvalue weighted by molar-refractivity contribution is 7.11. The van der Waals surface area contributed by atoms with Gasteiger partial charge in [-0.25, -0.2) is 0 Å². The summed E-state index contributed by atoms with van der Waals surface area (Å²) in [4.78, 5) is 2.64. The van der Waals surface area contributed by atoms with Gasteiger partial charge in [0.1, 0.15) is 0 Å². The molecule has 2 rings (SSSR count). The van der Waals surface area contributed by atoms with Gasteiger partial charge in [0, 0.05) is 9.75 Å². The van der Waals surface area contributed by atoms with E-state index in [0.29, 0.717) is 0 Å². The molecule has 0 spiro atoms. The third kappa shape index (κ3) is 2.98. The van der Waals surface area contributed by atoms with Gasteiger partial charge in [-0.05, 0) is 29.3 Å². The lowest BCUT2D eigenvalue weighted by molar-refractivity contribution is 0.545. The van der Waals surface area contributed by atoms with Crippen molar-refractivity contribution >= 4 is 22.7 Å². The second kappa shape index (κ2) is 6.02. The van der Waals surface area contributed by atoms with Gasteiger partial charge in [-0.2, -0.15) is 0 Å². The zero-order valence-electron chi connectivity index (χ0n) is 9.72. The van der Waals surface area contributed by atoms with Gasteiger partial charge in [0.2, 0.25) is 0 Å². The molecule has 0 radical (unpaired) electrons. The van der Waals surface area contributed by atoms with E-state index in [9.17, 15) is 0 Å². The molecule has 1 atom stereocenters. The van der Waals surface area contributed by atoms with Crippen molar-refractivity contribution in [2.24, 2.45) is 0 Å². The minimum absolute atomic E-state index is 0.129. The van der Waals surface area contributed by atoms with Crippen LogP contribution in [0.1, 0.15) is 29.1 Å². The van der Waals surface area contributed by atoms with Crippen LogP contribution in [0.3, 0.4) is 0 Å². The Hall–Kier alpha value is -1.08. The second-order valence-corrected chi connectivity index (χ2v) is 5.72. The van der Waals surface area contributed by atoms with Gasteiger partial charge < -0.3 is 0 Å². The van der Waals surface area contributed by atoms with E-state index in [0.717, 1.165) is 6.42 Å². The van der Waals surface area contributed by atoms with E-state index in [2.05, 4.69) is 53.2 Å². The van der Waals surface area contributed by atoms with Crippen LogP contribution in [0.15, 0.2) is 35.0 Å². The van der Waals surface area contributed by atoms with E-state index in [-0.39, 0.29) is 12.1 Å². The first-order valence-corrected chi connectivity index (χ1v) is 7.40. The maximum Gasteiger partial charge on any atom is 0.0774 e. The molecule has 0 amide bonds. The summed E-state index contributed by atoms with van der Waals surface area (Å²) in [7, 11) is 0. The van der Waals surface area contributed by atoms with Gasteiger partial charge in [0.05, 0.1) is 12.1 Å². The van der Waals surface area contributed by atoms with E-state index in [1.54, 1.807) is 22.7 Å². The molecule has 17 heavy (non-hydrogen) atoms. The molecule has 2 aromatic heterocycles. The Labute approximate surface area is 111 Å². The summed E-state index contributed by atoms with van der Waals surface area (Å²) in [5, 5.41) is 7.75. The zero-order chi connectivity index (χ0) is 12.1. The van der Waals surface area contributed by atoms with Crippen LogP contribution in [0.2, 0.25) is 0 Å². The summed E-state index contributed by atoms with van der Waals surface area (Å²) in [6, 6.07) is 8.84. The third-order valence-corrected chi connectivity index (χ3v) is 4.51. The van der Waals surface area contributed by atoms with Gasteiger partial charge in [0.25, 0.3) is 0 Å². The third-order valence-electron chi connectivity index (χ3n) is 2.63. The molecule has 0 saturated heterocycles. The molecule has 3 heteroatoms. The molecule has 2 aromatic rings. The van der Waals surface area contributed by atoms with E-state index in [1.165, 1.54) is 9.75 Å². The summed E-state index contributed by atoms with van der Waals surface area (Å²) in [5.41, 5.74) is 0. The van der Waals surface area contributed by atoms with Crippen LogP contribution in [0.4, 0.5) is 0 Å². The molecular weight excluding hydrogens is 246 g/mol. The van der Waals surface area contributed by atoms with Gasteiger partial charge in [0.15, 0.2) is 0 Å². The topological polar surface area (TPSA) is 12.0 Å². The number of rotatable bonds is 5.